The van der Waals surface area contributed by atoms with Crippen molar-refractivity contribution in [2.45, 2.75) is 39.8 Å². The summed E-state index contributed by atoms with van der Waals surface area (Å²) in [4.78, 5) is 36.0. The van der Waals surface area contributed by atoms with Gasteiger partial charge in [0.1, 0.15) is 18.1 Å². The maximum absolute atomic E-state index is 12.7. The number of halogens is 1. The fourth-order valence-electron chi connectivity index (χ4n) is 2.97. The predicted octanol–water partition coefficient (Wildman–Crippen LogP) is 0.736. The zero-order valence-electron chi connectivity index (χ0n) is 18.4. The summed E-state index contributed by atoms with van der Waals surface area (Å²) in [6.07, 6.45) is 5.29. The van der Waals surface area contributed by atoms with Crippen molar-refractivity contribution in [3.63, 3.8) is 0 Å². The van der Waals surface area contributed by atoms with Gasteiger partial charge in [0.2, 0.25) is 6.33 Å². The van der Waals surface area contributed by atoms with Gasteiger partial charge >= 0.3 is 5.97 Å². The van der Waals surface area contributed by atoms with Crippen LogP contribution in [-0.4, -0.2) is 28.3 Å². The summed E-state index contributed by atoms with van der Waals surface area (Å²) in [5, 5.41) is 2.86. The number of ether oxygens (including phenoxy) is 1. The molecule has 1 atom stereocenters. The minimum Gasteiger partial charge on any atom is -1.00 e. The zero-order valence-corrected chi connectivity index (χ0v) is 19.2. The Bertz CT molecular complexity index is 1090. The van der Waals surface area contributed by atoms with Crippen molar-refractivity contribution in [1.82, 2.24) is 4.57 Å². The zero-order chi connectivity index (χ0) is 22.5. The van der Waals surface area contributed by atoms with E-state index in [1.54, 1.807) is 61.7 Å². The number of carbonyl (C=O) groups excluding carboxylic acids is 3. The standard InChI is InChI=1S/C24H25N3O4.ClH/c1-16(2)31-24(30)20-5-9-21(10-6-20)25-23(29)17(3)26-13-14-27(15-26)22-11-7-19(8-12-22)18(4)28;/h5-17H,1-4H3;1H. The van der Waals surface area contributed by atoms with E-state index >= 15 is 0 Å². The molecule has 1 unspecified atom stereocenters. The van der Waals surface area contributed by atoms with Crippen LogP contribution >= 0.6 is 0 Å². The first-order valence-electron chi connectivity index (χ1n) is 10.1. The molecule has 1 N–H and O–H groups in total. The maximum atomic E-state index is 12.7. The second kappa shape index (κ2) is 10.7. The van der Waals surface area contributed by atoms with E-state index in [4.69, 9.17) is 4.74 Å². The Balaban J connectivity index is 0.00000363. The van der Waals surface area contributed by atoms with Gasteiger partial charge in [-0.05, 0) is 76.2 Å². The van der Waals surface area contributed by atoms with E-state index in [2.05, 4.69) is 5.32 Å². The number of anilines is 1. The number of benzene rings is 2. The van der Waals surface area contributed by atoms with Crippen LogP contribution in [0.2, 0.25) is 0 Å². The molecule has 32 heavy (non-hydrogen) atoms. The van der Waals surface area contributed by atoms with Gasteiger partial charge in [0.25, 0.3) is 5.91 Å². The number of esters is 1. The van der Waals surface area contributed by atoms with Gasteiger partial charge < -0.3 is 22.5 Å². The number of nitrogens with zero attached hydrogens (tertiary/aromatic N) is 2. The number of rotatable bonds is 7. The predicted molar refractivity (Wildman–Crippen MR) is 116 cm³/mol. The van der Waals surface area contributed by atoms with Crippen LogP contribution in [-0.2, 0) is 9.53 Å². The molecule has 0 saturated carbocycles. The molecule has 2 aromatic carbocycles. The molecular formula is C24H26ClN3O4. The monoisotopic (exact) mass is 455 g/mol. The number of amides is 1. The number of carbonyl (C=O) groups is 3. The third-order valence-electron chi connectivity index (χ3n) is 4.79. The van der Waals surface area contributed by atoms with Crippen molar-refractivity contribution >= 4 is 23.3 Å². The Labute approximate surface area is 193 Å². The minimum absolute atomic E-state index is 0. The Morgan fingerprint density at radius 1 is 0.938 bits per heavy atom. The first kappa shape index (κ1) is 24.8. The molecule has 0 aliphatic carbocycles. The number of Topliss-reactive ketones (excluding diaryl/α,β-unsaturated/α-hetero) is 1. The fraction of sp³-hybridized carbons (Fsp3) is 0.250. The Morgan fingerprint density at radius 2 is 1.53 bits per heavy atom. The van der Waals surface area contributed by atoms with Crippen molar-refractivity contribution in [3.05, 3.63) is 78.4 Å². The molecule has 0 radical (unpaired) electrons. The summed E-state index contributed by atoms with van der Waals surface area (Å²) < 4.78 is 8.83. The molecule has 168 valence electrons. The van der Waals surface area contributed by atoms with Crippen molar-refractivity contribution < 1.29 is 36.1 Å². The second-order valence-electron chi connectivity index (χ2n) is 7.57. The molecule has 8 heteroatoms. The quantitative estimate of drug-likeness (QED) is 0.323. The number of hydrogen-bond acceptors (Lipinski definition) is 4. The summed E-state index contributed by atoms with van der Waals surface area (Å²) in [6, 6.07) is 13.4. The topological polar surface area (TPSA) is 81.3 Å². The molecule has 1 aromatic heterocycles. The lowest BCUT2D eigenvalue weighted by Gasteiger charge is -2.11. The van der Waals surface area contributed by atoms with E-state index in [1.807, 2.05) is 35.4 Å². The van der Waals surface area contributed by atoms with Crippen LogP contribution in [0.25, 0.3) is 5.69 Å². The molecule has 0 aliphatic heterocycles. The molecule has 1 amide bonds. The molecule has 0 aliphatic rings. The van der Waals surface area contributed by atoms with Crippen LogP contribution < -0.4 is 22.3 Å². The summed E-state index contributed by atoms with van der Waals surface area (Å²) in [6.45, 7) is 6.91. The van der Waals surface area contributed by atoms with Gasteiger partial charge in [0.15, 0.2) is 11.8 Å². The first-order valence-corrected chi connectivity index (χ1v) is 10.1. The number of ketones is 1. The van der Waals surface area contributed by atoms with Gasteiger partial charge in [-0.3, -0.25) is 9.59 Å². The highest BCUT2D eigenvalue weighted by molar-refractivity contribution is 5.94. The third kappa shape index (κ3) is 6.04. The van der Waals surface area contributed by atoms with Crippen molar-refractivity contribution in [2.24, 2.45) is 0 Å². The smallest absolute Gasteiger partial charge is 0.338 e. The molecule has 7 nitrogen and oxygen atoms in total. The summed E-state index contributed by atoms with van der Waals surface area (Å²) in [5.41, 5.74) is 2.57. The lowest BCUT2D eigenvalue weighted by molar-refractivity contribution is -0.704. The molecule has 3 aromatic rings. The van der Waals surface area contributed by atoms with Crippen LogP contribution in [0.4, 0.5) is 5.69 Å². The lowest BCUT2D eigenvalue weighted by atomic mass is 10.1. The normalized spacial score (nSPS) is 11.4. The minimum atomic E-state index is -0.455. The molecule has 1 heterocycles. The lowest BCUT2D eigenvalue weighted by Crippen LogP contribution is -3.00. The molecule has 0 fully saturated rings. The molecular weight excluding hydrogens is 430 g/mol. The van der Waals surface area contributed by atoms with E-state index in [9.17, 15) is 14.4 Å². The summed E-state index contributed by atoms with van der Waals surface area (Å²) in [5.74, 6) is -0.564. The second-order valence-corrected chi connectivity index (χ2v) is 7.57. The van der Waals surface area contributed by atoms with Crippen molar-refractivity contribution in [1.29, 1.82) is 0 Å². The van der Waals surface area contributed by atoms with Crippen LogP contribution in [0.3, 0.4) is 0 Å². The van der Waals surface area contributed by atoms with Gasteiger partial charge in [-0.25, -0.2) is 13.9 Å². The number of aromatic nitrogens is 2. The van der Waals surface area contributed by atoms with Crippen LogP contribution in [0.5, 0.6) is 0 Å². The highest BCUT2D eigenvalue weighted by Crippen LogP contribution is 2.14. The Morgan fingerprint density at radius 3 is 2.09 bits per heavy atom. The van der Waals surface area contributed by atoms with Gasteiger partial charge in [-0.15, -0.1) is 0 Å². The Kier molecular flexibility index (Phi) is 8.32. The highest BCUT2D eigenvalue weighted by atomic mass is 35.5. The van der Waals surface area contributed by atoms with Crippen LogP contribution in [0.15, 0.2) is 67.3 Å². The van der Waals surface area contributed by atoms with E-state index in [0.717, 1.165) is 5.69 Å². The highest BCUT2D eigenvalue weighted by Gasteiger charge is 2.21. The molecule has 3 rings (SSSR count). The summed E-state index contributed by atoms with van der Waals surface area (Å²) >= 11 is 0. The largest absolute Gasteiger partial charge is 1.00 e. The van der Waals surface area contributed by atoms with Crippen LogP contribution in [0.1, 0.15) is 54.5 Å². The van der Waals surface area contributed by atoms with Gasteiger partial charge in [0, 0.05) is 11.3 Å². The average Bonchev–Trinajstić information content (AvgIpc) is 3.23. The molecule has 0 spiro atoms. The van der Waals surface area contributed by atoms with Gasteiger partial charge in [-0.1, -0.05) is 0 Å². The van der Waals surface area contributed by atoms with E-state index in [0.29, 0.717) is 16.8 Å². The van der Waals surface area contributed by atoms with E-state index < -0.39 is 12.0 Å². The average molecular weight is 456 g/mol. The van der Waals surface area contributed by atoms with E-state index in [-0.39, 0.29) is 30.2 Å². The summed E-state index contributed by atoms with van der Waals surface area (Å²) in [7, 11) is 0. The SMILES string of the molecule is CC(=O)c1ccc(-n2cc[n+](C(C)C(=O)Nc3ccc(C(=O)OC(C)C)cc3)c2)cc1.[Cl-]. The van der Waals surface area contributed by atoms with Crippen molar-refractivity contribution in [3.8, 4) is 5.69 Å². The molecule has 0 saturated heterocycles. The van der Waals surface area contributed by atoms with E-state index in [1.165, 1.54) is 6.92 Å². The van der Waals surface area contributed by atoms with Crippen LogP contribution in [0, 0.1) is 0 Å². The van der Waals surface area contributed by atoms with Gasteiger partial charge in [-0.2, -0.15) is 0 Å². The number of imidazole rings is 1. The molecule has 0 bridgehead atoms. The Hall–Kier alpha value is -3.45. The third-order valence-corrected chi connectivity index (χ3v) is 4.79. The fourth-order valence-corrected chi connectivity index (χ4v) is 2.97. The number of hydrogen-bond donors (Lipinski definition) is 1. The van der Waals surface area contributed by atoms with Gasteiger partial charge in [0.05, 0.1) is 11.7 Å². The maximum Gasteiger partial charge on any atom is 0.338 e. The number of nitrogens with one attached hydrogen (secondary N) is 1. The van der Waals surface area contributed by atoms with Crippen molar-refractivity contribution in [2.75, 3.05) is 5.32 Å². The first-order chi connectivity index (χ1) is 14.7.